The Bertz CT molecular complexity index is 436. The molecule has 15 heavy (non-hydrogen) atoms. The van der Waals surface area contributed by atoms with Crippen molar-refractivity contribution in [2.75, 3.05) is 7.11 Å². The minimum absolute atomic E-state index is 0.838. The number of ether oxygens (including phenoxy) is 1. The van der Waals surface area contributed by atoms with Crippen LogP contribution in [0.2, 0.25) is 0 Å². The molecule has 0 saturated heterocycles. The van der Waals surface area contributed by atoms with Crippen LogP contribution in [0, 0.1) is 0 Å². The molecule has 2 rings (SSSR count). The number of hydrogen-bond acceptors (Lipinski definition) is 2. The minimum Gasteiger partial charge on any atom is -0.497 e. The Morgan fingerprint density at radius 2 is 2.07 bits per heavy atom. The fourth-order valence-corrected chi connectivity index (χ4v) is 1.73. The van der Waals surface area contributed by atoms with E-state index in [9.17, 15) is 0 Å². The van der Waals surface area contributed by atoms with Crippen molar-refractivity contribution in [3.05, 3.63) is 46.5 Å². The molecule has 0 saturated carbocycles. The number of methoxy groups -OCH3 is 1. The van der Waals surface area contributed by atoms with Gasteiger partial charge in [0.2, 0.25) is 0 Å². The molecule has 1 heterocycles. The Morgan fingerprint density at radius 3 is 2.60 bits per heavy atom. The largest absolute Gasteiger partial charge is 0.497 e. The lowest BCUT2D eigenvalue weighted by Gasteiger charge is -2.02. The van der Waals surface area contributed by atoms with Gasteiger partial charge in [-0.3, -0.25) is 0 Å². The van der Waals surface area contributed by atoms with Gasteiger partial charge >= 0.3 is 0 Å². The molecule has 0 spiro atoms. The van der Waals surface area contributed by atoms with E-state index in [0.29, 0.717) is 0 Å². The van der Waals surface area contributed by atoms with Gasteiger partial charge in [-0.05, 0) is 33.6 Å². The highest BCUT2D eigenvalue weighted by atomic mass is 79.9. The molecule has 0 radical (unpaired) electrons. The number of aromatic nitrogens is 2. The first kappa shape index (κ1) is 10.2. The van der Waals surface area contributed by atoms with E-state index < -0.39 is 0 Å². The molecule has 1 N–H and O–H groups in total. The molecule has 78 valence electrons. The van der Waals surface area contributed by atoms with Crippen LogP contribution in [-0.4, -0.2) is 17.1 Å². The third kappa shape index (κ3) is 2.39. The Balaban J connectivity index is 2.14. The Hall–Kier alpha value is -1.29. The summed E-state index contributed by atoms with van der Waals surface area (Å²) in [4.78, 5) is 7.18. The molecule has 0 amide bonds. The maximum atomic E-state index is 5.10. The molecule has 0 aliphatic heterocycles. The molecule has 1 aromatic carbocycles. The second-order valence-electron chi connectivity index (χ2n) is 3.20. The summed E-state index contributed by atoms with van der Waals surface area (Å²) in [5, 5.41) is 0. The summed E-state index contributed by atoms with van der Waals surface area (Å²) in [6, 6.07) is 8.01. The quantitative estimate of drug-likeness (QED) is 0.928. The number of nitrogens with one attached hydrogen (secondary N) is 1. The van der Waals surface area contributed by atoms with Crippen LogP contribution in [0.1, 0.15) is 11.3 Å². The van der Waals surface area contributed by atoms with Crippen molar-refractivity contribution in [3.8, 4) is 5.75 Å². The number of halogens is 1. The lowest BCUT2D eigenvalue weighted by molar-refractivity contribution is 0.414. The zero-order valence-electron chi connectivity index (χ0n) is 8.33. The fourth-order valence-electron chi connectivity index (χ4n) is 1.38. The first-order chi connectivity index (χ1) is 7.29. The van der Waals surface area contributed by atoms with E-state index in [2.05, 4.69) is 25.9 Å². The molecule has 0 fully saturated rings. The average Bonchev–Trinajstić information content (AvgIpc) is 2.66. The van der Waals surface area contributed by atoms with Gasteiger partial charge in [0.15, 0.2) is 0 Å². The first-order valence-corrected chi connectivity index (χ1v) is 5.39. The number of rotatable bonds is 3. The third-order valence-electron chi connectivity index (χ3n) is 2.21. The van der Waals surface area contributed by atoms with Crippen LogP contribution >= 0.6 is 15.9 Å². The van der Waals surface area contributed by atoms with Gasteiger partial charge in [0, 0.05) is 6.42 Å². The highest BCUT2D eigenvalue weighted by molar-refractivity contribution is 9.10. The van der Waals surface area contributed by atoms with E-state index in [1.54, 1.807) is 13.4 Å². The van der Waals surface area contributed by atoms with Crippen molar-refractivity contribution in [2.24, 2.45) is 0 Å². The molecule has 4 heteroatoms. The molecule has 0 aliphatic carbocycles. The standard InChI is InChI=1S/C11H11BrN2O/c1-15-9-4-2-8(3-5-9)6-10-11(12)14-7-13-10/h2-5,7H,6H2,1H3,(H,13,14). The van der Waals surface area contributed by atoms with Gasteiger partial charge < -0.3 is 9.72 Å². The highest BCUT2D eigenvalue weighted by Gasteiger charge is 2.03. The SMILES string of the molecule is COc1ccc(Cc2[nH]cnc2Br)cc1. The molecule has 0 unspecified atom stereocenters. The van der Waals surface area contributed by atoms with Gasteiger partial charge in [0.25, 0.3) is 0 Å². The number of benzene rings is 1. The highest BCUT2D eigenvalue weighted by Crippen LogP contribution is 2.17. The van der Waals surface area contributed by atoms with Crippen molar-refractivity contribution < 1.29 is 4.74 Å². The molecule has 0 aliphatic rings. The summed E-state index contributed by atoms with van der Waals surface area (Å²) in [5.41, 5.74) is 2.31. The lowest BCUT2D eigenvalue weighted by Crippen LogP contribution is -1.90. The molecule has 0 bridgehead atoms. The lowest BCUT2D eigenvalue weighted by atomic mass is 10.1. The predicted octanol–water partition coefficient (Wildman–Crippen LogP) is 2.77. The van der Waals surface area contributed by atoms with E-state index >= 15 is 0 Å². The topological polar surface area (TPSA) is 37.9 Å². The molecule has 3 nitrogen and oxygen atoms in total. The van der Waals surface area contributed by atoms with Crippen LogP contribution in [-0.2, 0) is 6.42 Å². The van der Waals surface area contributed by atoms with Gasteiger partial charge in [0.1, 0.15) is 10.4 Å². The Morgan fingerprint density at radius 1 is 1.33 bits per heavy atom. The number of imidazole rings is 1. The smallest absolute Gasteiger partial charge is 0.127 e. The number of hydrogen-bond donors (Lipinski definition) is 1. The van der Waals surface area contributed by atoms with Crippen LogP contribution in [0.4, 0.5) is 0 Å². The van der Waals surface area contributed by atoms with Crippen molar-refractivity contribution in [2.45, 2.75) is 6.42 Å². The minimum atomic E-state index is 0.838. The van der Waals surface area contributed by atoms with Crippen molar-refractivity contribution in [1.82, 2.24) is 9.97 Å². The predicted molar refractivity (Wildman–Crippen MR) is 62.1 cm³/mol. The molecular weight excluding hydrogens is 256 g/mol. The van der Waals surface area contributed by atoms with Crippen LogP contribution in [0.15, 0.2) is 35.2 Å². The number of H-pyrrole nitrogens is 1. The summed E-state index contributed by atoms with van der Waals surface area (Å²) in [6.07, 6.45) is 2.52. The zero-order valence-corrected chi connectivity index (χ0v) is 9.91. The van der Waals surface area contributed by atoms with Gasteiger partial charge in [-0.1, -0.05) is 12.1 Å². The molecule has 2 aromatic rings. The van der Waals surface area contributed by atoms with Crippen LogP contribution in [0.5, 0.6) is 5.75 Å². The summed E-state index contributed by atoms with van der Waals surface area (Å²) in [6.45, 7) is 0. The van der Waals surface area contributed by atoms with E-state index in [1.807, 2.05) is 24.3 Å². The third-order valence-corrected chi connectivity index (χ3v) is 2.89. The monoisotopic (exact) mass is 266 g/mol. The van der Waals surface area contributed by atoms with E-state index in [0.717, 1.165) is 22.5 Å². The van der Waals surface area contributed by atoms with Crippen molar-refractivity contribution >= 4 is 15.9 Å². The van der Waals surface area contributed by atoms with Gasteiger partial charge in [0.05, 0.1) is 19.1 Å². The van der Waals surface area contributed by atoms with Crippen molar-refractivity contribution in [3.63, 3.8) is 0 Å². The second-order valence-corrected chi connectivity index (χ2v) is 3.95. The van der Waals surface area contributed by atoms with Gasteiger partial charge in [-0.25, -0.2) is 4.98 Å². The van der Waals surface area contributed by atoms with Crippen LogP contribution < -0.4 is 4.74 Å². The van der Waals surface area contributed by atoms with E-state index in [4.69, 9.17) is 4.74 Å². The summed E-state index contributed by atoms with van der Waals surface area (Å²) in [5.74, 6) is 0.877. The fraction of sp³-hybridized carbons (Fsp3) is 0.182. The average molecular weight is 267 g/mol. The van der Waals surface area contributed by atoms with Crippen LogP contribution in [0.25, 0.3) is 0 Å². The van der Waals surface area contributed by atoms with E-state index in [1.165, 1.54) is 5.56 Å². The molecular formula is C11H11BrN2O. The van der Waals surface area contributed by atoms with Crippen molar-refractivity contribution in [1.29, 1.82) is 0 Å². The summed E-state index contributed by atoms with van der Waals surface area (Å²) in [7, 11) is 1.67. The number of nitrogens with zero attached hydrogens (tertiary/aromatic N) is 1. The Labute approximate surface area is 96.6 Å². The maximum absolute atomic E-state index is 5.10. The Kier molecular flexibility index (Phi) is 3.06. The van der Waals surface area contributed by atoms with Gasteiger partial charge in [-0.15, -0.1) is 0 Å². The second kappa shape index (κ2) is 4.49. The summed E-state index contributed by atoms with van der Waals surface area (Å²) >= 11 is 3.38. The first-order valence-electron chi connectivity index (χ1n) is 4.60. The number of aromatic amines is 1. The van der Waals surface area contributed by atoms with Gasteiger partial charge in [-0.2, -0.15) is 0 Å². The molecule has 1 aromatic heterocycles. The van der Waals surface area contributed by atoms with Crippen LogP contribution in [0.3, 0.4) is 0 Å². The normalized spacial score (nSPS) is 10.3. The zero-order chi connectivity index (χ0) is 10.7. The summed E-state index contributed by atoms with van der Waals surface area (Å²) < 4.78 is 5.97. The molecule has 0 atom stereocenters. The maximum Gasteiger partial charge on any atom is 0.127 e. The van der Waals surface area contributed by atoms with E-state index in [-0.39, 0.29) is 0 Å².